The summed E-state index contributed by atoms with van der Waals surface area (Å²) in [7, 11) is 1.37. The minimum Gasteiger partial charge on any atom is -0.497 e. The molecule has 1 aliphatic rings. The summed E-state index contributed by atoms with van der Waals surface area (Å²) < 4.78 is 44.6. The van der Waals surface area contributed by atoms with E-state index in [0.717, 1.165) is 9.80 Å². The van der Waals surface area contributed by atoms with Gasteiger partial charge in [0.25, 0.3) is 11.5 Å². The maximum absolute atomic E-state index is 13.2. The van der Waals surface area contributed by atoms with E-state index in [1.54, 1.807) is 0 Å². The number of anilines is 1. The van der Waals surface area contributed by atoms with Gasteiger partial charge in [-0.2, -0.15) is 13.2 Å². The Bertz CT molecular complexity index is 1010. The molecule has 0 radical (unpaired) electrons. The lowest BCUT2D eigenvalue weighted by Crippen LogP contribution is -2.44. The molecule has 0 spiro atoms. The third kappa shape index (κ3) is 4.40. The Morgan fingerprint density at radius 1 is 1.17 bits per heavy atom. The summed E-state index contributed by atoms with van der Waals surface area (Å²) >= 11 is 0. The third-order valence-electron chi connectivity index (χ3n) is 4.51. The molecule has 1 heterocycles. The molecule has 0 aromatic heterocycles. The van der Waals surface area contributed by atoms with Crippen molar-refractivity contribution in [1.82, 2.24) is 4.90 Å². The first-order valence-electron chi connectivity index (χ1n) is 8.66. The van der Waals surface area contributed by atoms with E-state index < -0.39 is 42.5 Å². The molecule has 0 saturated carbocycles. The number of nitrogens with zero attached hydrogens (tertiary/aromatic N) is 3. The van der Waals surface area contributed by atoms with Gasteiger partial charge in [0.05, 0.1) is 36.5 Å². The van der Waals surface area contributed by atoms with Crippen LogP contribution in [0.5, 0.6) is 5.75 Å². The molecular formula is C19H16F3N3O5. The van der Waals surface area contributed by atoms with Gasteiger partial charge in [-0.25, -0.2) is 0 Å². The van der Waals surface area contributed by atoms with Crippen LogP contribution in [0.3, 0.4) is 0 Å². The third-order valence-corrected chi connectivity index (χ3v) is 4.51. The van der Waals surface area contributed by atoms with Crippen molar-refractivity contribution in [3.05, 3.63) is 63.7 Å². The summed E-state index contributed by atoms with van der Waals surface area (Å²) in [5, 5.41) is 11.2. The van der Waals surface area contributed by atoms with E-state index in [9.17, 15) is 32.9 Å². The zero-order valence-electron chi connectivity index (χ0n) is 15.7. The average molecular weight is 423 g/mol. The molecule has 2 aromatic rings. The monoisotopic (exact) mass is 423 g/mol. The number of alkyl halides is 3. The van der Waals surface area contributed by atoms with Gasteiger partial charge in [0.1, 0.15) is 5.75 Å². The number of fused-ring (bicyclic) bond motifs is 1. The van der Waals surface area contributed by atoms with E-state index in [1.807, 2.05) is 0 Å². The Kier molecular flexibility index (Phi) is 5.74. The van der Waals surface area contributed by atoms with Gasteiger partial charge in [0.2, 0.25) is 0 Å². The van der Waals surface area contributed by atoms with E-state index in [4.69, 9.17) is 4.74 Å². The van der Waals surface area contributed by atoms with Crippen LogP contribution in [0.2, 0.25) is 0 Å². The highest BCUT2D eigenvalue weighted by atomic mass is 19.4. The maximum atomic E-state index is 13.2. The number of hydrogen-bond donors (Lipinski definition) is 0. The van der Waals surface area contributed by atoms with Crippen LogP contribution < -0.4 is 9.64 Å². The van der Waals surface area contributed by atoms with Crippen LogP contribution in [-0.2, 0) is 11.3 Å². The summed E-state index contributed by atoms with van der Waals surface area (Å²) in [5.74, 6) is -1.50. The molecule has 8 nitrogen and oxygen atoms in total. The molecule has 3 rings (SSSR count). The first kappa shape index (κ1) is 21.2. The number of nitro groups is 1. The lowest BCUT2D eigenvalue weighted by molar-refractivity contribution is -0.385. The van der Waals surface area contributed by atoms with Crippen LogP contribution in [0.25, 0.3) is 0 Å². The Hall–Kier alpha value is -3.47. The number of carbonyl (C=O) groups is 2. The molecule has 30 heavy (non-hydrogen) atoms. The Morgan fingerprint density at radius 2 is 1.87 bits per heavy atom. The van der Waals surface area contributed by atoms with Gasteiger partial charge in [-0.3, -0.25) is 29.5 Å². The normalized spacial score (nSPS) is 13.7. The van der Waals surface area contributed by atoms with Crippen LogP contribution in [0.15, 0.2) is 42.5 Å². The zero-order chi connectivity index (χ0) is 22.1. The van der Waals surface area contributed by atoms with Crippen molar-refractivity contribution in [2.75, 3.05) is 25.2 Å². The Labute approximate surface area is 168 Å². The van der Waals surface area contributed by atoms with Crippen molar-refractivity contribution in [2.45, 2.75) is 12.7 Å². The molecule has 0 aliphatic carbocycles. The minimum atomic E-state index is -4.63. The summed E-state index contributed by atoms with van der Waals surface area (Å²) in [6, 6.07) is 9.62. The van der Waals surface area contributed by atoms with Crippen LogP contribution >= 0.6 is 0 Å². The average Bonchev–Trinajstić information content (AvgIpc) is 2.91. The molecule has 0 N–H and O–H groups in total. The van der Waals surface area contributed by atoms with Gasteiger partial charge in [-0.15, -0.1) is 0 Å². The maximum Gasteiger partial charge on any atom is 0.401 e. The lowest BCUT2D eigenvalue weighted by Gasteiger charge is -2.28. The molecule has 0 atom stereocenters. The Balaban J connectivity index is 1.94. The van der Waals surface area contributed by atoms with E-state index in [1.165, 1.54) is 49.6 Å². The van der Waals surface area contributed by atoms with Crippen molar-refractivity contribution < 1.29 is 32.4 Å². The molecule has 1 amide bonds. The first-order chi connectivity index (χ1) is 14.1. The van der Waals surface area contributed by atoms with E-state index in [2.05, 4.69) is 0 Å². The van der Waals surface area contributed by atoms with E-state index >= 15 is 0 Å². The predicted octanol–water partition coefficient (Wildman–Crippen LogP) is 3.15. The second kappa shape index (κ2) is 8.11. The number of ether oxygens (including phenoxy) is 1. The molecule has 0 bridgehead atoms. The van der Waals surface area contributed by atoms with E-state index in [0.29, 0.717) is 5.75 Å². The van der Waals surface area contributed by atoms with Crippen LogP contribution in [0.4, 0.5) is 24.5 Å². The number of ketones is 1. The number of para-hydroxylation sites is 1. The quantitative estimate of drug-likeness (QED) is 0.386. The SMILES string of the molecule is COc1ccc2c(c1)N(CN(Cc1ccccc1[N+](=O)[O-])CC(F)(F)F)C(=O)C2=O. The molecular weight excluding hydrogens is 407 g/mol. The Morgan fingerprint density at radius 3 is 2.50 bits per heavy atom. The van der Waals surface area contributed by atoms with Crippen LogP contribution in [-0.4, -0.2) is 48.0 Å². The largest absolute Gasteiger partial charge is 0.497 e. The summed E-state index contributed by atoms with van der Waals surface area (Å²) in [6.07, 6.45) is -4.63. The van der Waals surface area contributed by atoms with Crippen molar-refractivity contribution in [1.29, 1.82) is 0 Å². The number of Topliss-reactive ketones (excluding diaryl/α,β-unsaturated/α-hetero) is 1. The summed E-state index contributed by atoms with van der Waals surface area (Å²) in [5.41, 5.74) is -0.108. The summed E-state index contributed by atoms with van der Waals surface area (Å²) in [6.45, 7) is -2.47. The van der Waals surface area contributed by atoms with Gasteiger partial charge in [-0.1, -0.05) is 18.2 Å². The molecule has 11 heteroatoms. The number of nitro benzene ring substituents is 1. The molecule has 0 unspecified atom stereocenters. The van der Waals surface area contributed by atoms with Crippen molar-refractivity contribution in [2.24, 2.45) is 0 Å². The molecule has 0 saturated heterocycles. The fourth-order valence-corrected chi connectivity index (χ4v) is 3.21. The van der Waals surface area contributed by atoms with Gasteiger partial charge in [-0.05, 0) is 12.1 Å². The van der Waals surface area contributed by atoms with E-state index in [-0.39, 0.29) is 22.5 Å². The standard InChI is InChI=1S/C19H16F3N3O5/c1-30-13-6-7-14-16(8-13)24(18(27)17(14)26)11-23(10-19(20,21)22)9-12-4-2-3-5-15(12)25(28)29/h2-8H,9-11H2,1H3. The van der Waals surface area contributed by atoms with Gasteiger partial charge in [0, 0.05) is 24.2 Å². The zero-order valence-corrected chi connectivity index (χ0v) is 15.7. The number of rotatable bonds is 7. The highest BCUT2D eigenvalue weighted by Crippen LogP contribution is 2.33. The summed E-state index contributed by atoms with van der Waals surface area (Å²) in [4.78, 5) is 36.9. The number of methoxy groups -OCH3 is 1. The number of carbonyl (C=O) groups excluding carboxylic acids is 2. The van der Waals surface area contributed by atoms with Crippen molar-refractivity contribution in [3.63, 3.8) is 0 Å². The van der Waals surface area contributed by atoms with Crippen LogP contribution in [0, 0.1) is 10.1 Å². The molecule has 158 valence electrons. The van der Waals surface area contributed by atoms with Gasteiger partial charge in [0.15, 0.2) is 0 Å². The molecule has 0 fully saturated rings. The first-order valence-corrected chi connectivity index (χ1v) is 8.66. The van der Waals surface area contributed by atoms with Gasteiger partial charge < -0.3 is 4.74 Å². The smallest absolute Gasteiger partial charge is 0.401 e. The lowest BCUT2D eigenvalue weighted by atomic mass is 10.1. The number of benzene rings is 2. The fourth-order valence-electron chi connectivity index (χ4n) is 3.21. The van der Waals surface area contributed by atoms with Crippen molar-refractivity contribution in [3.8, 4) is 5.75 Å². The second-order valence-electron chi connectivity index (χ2n) is 6.57. The molecule has 1 aliphatic heterocycles. The number of hydrogen-bond acceptors (Lipinski definition) is 6. The highest BCUT2D eigenvalue weighted by Gasteiger charge is 2.39. The number of amides is 1. The fraction of sp³-hybridized carbons (Fsp3) is 0.263. The number of halogens is 3. The van der Waals surface area contributed by atoms with Gasteiger partial charge >= 0.3 is 12.1 Å². The molecule has 2 aromatic carbocycles. The highest BCUT2D eigenvalue weighted by molar-refractivity contribution is 6.52. The predicted molar refractivity (Wildman–Crippen MR) is 99.2 cm³/mol. The second-order valence-corrected chi connectivity index (χ2v) is 6.57. The minimum absolute atomic E-state index is 0.0515. The van der Waals surface area contributed by atoms with Crippen LogP contribution in [0.1, 0.15) is 15.9 Å². The van der Waals surface area contributed by atoms with Crippen molar-refractivity contribution >= 4 is 23.1 Å². The topological polar surface area (TPSA) is 93.0 Å².